The van der Waals surface area contributed by atoms with Crippen LogP contribution in [0.2, 0.25) is 0 Å². The summed E-state index contributed by atoms with van der Waals surface area (Å²) >= 11 is 0. The zero-order valence-corrected chi connectivity index (χ0v) is 15.6. The Balaban J connectivity index is 1.65. The fraction of sp³-hybridized carbons (Fsp3) is 0.952. The quantitative estimate of drug-likeness (QED) is 0.768. The van der Waals surface area contributed by atoms with Gasteiger partial charge < -0.3 is 10.2 Å². The maximum absolute atomic E-state index is 12.2. The summed E-state index contributed by atoms with van der Waals surface area (Å²) in [5.41, 5.74) is -0.957. The van der Waals surface area contributed by atoms with Crippen LogP contribution in [0, 0.1) is 34.5 Å². The van der Waals surface area contributed by atoms with Gasteiger partial charge in [0.15, 0.2) is 5.78 Å². The molecule has 0 amide bonds. The van der Waals surface area contributed by atoms with E-state index in [9.17, 15) is 15.0 Å². The van der Waals surface area contributed by atoms with E-state index < -0.39 is 5.60 Å². The van der Waals surface area contributed by atoms with E-state index in [1.807, 2.05) is 0 Å². The first-order valence-corrected chi connectivity index (χ1v) is 10.1. The third-order valence-corrected chi connectivity index (χ3v) is 9.37. The lowest BCUT2D eigenvalue weighted by Gasteiger charge is -2.61. The van der Waals surface area contributed by atoms with Crippen LogP contribution in [-0.2, 0) is 4.79 Å². The SMILES string of the molecule is CC(=O)[C@@]1(O)CC[C@H]2[C@@H]3CC[C@@H]4CC(O)CC[C@]4(C)[C@H]3CC[C@@]21C. The molecule has 4 fully saturated rings. The predicted octanol–water partition coefficient (Wildman–Crippen LogP) is 3.71. The summed E-state index contributed by atoms with van der Waals surface area (Å²) in [6.45, 7) is 6.26. The van der Waals surface area contributed by atoms with E-state index in [2.05, 4.69) is 13.8 Å². The van der Waals surface area contributed by atoms with E-state index >= 15 is 0 Å². The van der Waals surface area contributed by atoms with Crippen LogP contribution >= 0.6 is 0 Å². The Hall–Kier alpha value is -0.410. The number of hydrogen-bond donors (Lipinski definition) is 2. The lowest BCUT2D eigenvalue weighted by atomic mass is 9.44. The molecule has 0 aromatic carbocycles. The van der Waals surface area contributed by atoms with E-state index in [1.54, 1.807) is 6.92 Å². The van der Waals surface area contributed by atoms with Gasteiger partial charge in [-0.25, -0.2) is 0 Å². The molecule has 136 valence electrons. The van der Waals surface area contributed by atoms with Gasteiger partial charge in [-0.15, -0.1) is 0 Å². The average molecular weight is 335 g/mol. The van der Waals surface area contributed by atoms with Gasteiger partial charge in [-0.05, 0) is 93.8 Å². The van der Waals surface area contributed by atoms with Crippen molar-refractivity contribution in [3.8, 4) is 0 Å². The maximum Gasteiger partial charge on any atom is 0.161 e. The van der Waals surface area contributed by atoms with Crippen LogP contribution in [0.25, 0.3) is 0 Å². The lowest BCUT2D eigenvalue weighted by Crippen LogP contribution is -2.58. The molecule has 0 aromatic rings. The van der Waals surface area contributed by atoms with E-state index in [-0.39, 0.29) is 17.3 Å². The molecule has 4 aliphatic carbocycles. The summed E-state index contributed by atoms with van der Waals surface area (Å²) in [6, 6.07) is 0. The van der Waals surface area contributed by atoms with Crippen molar-refractivity contribution < 1.29 is 15.0 Å². The van der Waals surface area contributed by atoms with Gasteiger partial charge in [-0.2, -0.15) is 0 Å². The number of hydrogen-bond acceptors (Lipinski definition) is 3. The lowest BCUT2D eigenvalue weighted by molar-refractivity contribution is -0.170. The van der Waals surface area contributed by atoms with Crippen LogP contribution in [0.5, 0.6) is 0 Å². The summed E-state index contributed by atoms with van der Waals surface area (Å²) < 4.78 is 0. The molecular weight excluding hydrogens is 300 g/mol. The largest absolute Gasteiger partial charge is 0.393 e. The first kappa shape index (κ1) is 17.0. The smallest absolute Gasteiger partial charge is 0.161 e. The van der Waals surface area contributed by atoms with Crippen molar-refractivity contribution in [1.82, 2.24) is 0 Å². The van der Waals surface area contributed by atoms with Gasteiger partial charge >= 0.3 is 0 Å². The zero-order valence-electron chi connectivity index (χ0n) is 15.6. The Kier molecular flexibility index (Phi) is 3.76. The summed E-state index contributed by atoms with van der Waals surface area (Å²) in [6.07, 6.45) is 9.25. The highest BCUT2D eigenvalue weighted by atomic mass is 16.3. The number of aliphatic hydroxyl groups excluding tert-OH is 1. The van der Waals surface area contributed by atoms with Crippen molar-refractivity contribution in [3.05, 3.63) is 0 Å². The van der Waals surface area contributed by atoms with E-state index in [0.717, 1.165) is 44.4 Å². The molecular formula is C21H34O3. The van der Waals surface area contributed by atoms with Crippen LogP contribution < -0.4 is 0 Å². The van der Waals surface area contributed by atoms with Crippen molar-refractivity contribution in [2.24, 2.45) is 34.5 Å². The molecule has 1 unspecified atom stereocenters. The average Bonchev–Trinajstić information content (AvgIpc) is 2.81. The number of carbonyl (C=O) groups excluding carboxylic acids is 1. The van der Waals surface area contributed by atoms with Gasteiger partial charge in [0.1, 0.15) is 5.60 Å². The normalized spacial score (nSPS) is 57.0. The molecule has 0 saturated heterocycles. The monoisotopic (exact) mass is 334 g/mol. The van der Waals surface area contributed by atoms with Gasteiger partial charge in [-0.3, -0.25) is 4.79 Å². The molecule has 2 N–H and O–H groups in total. The summed E-state index contributed by atoms with van der Waals surface area (Å²) in [7, 11) is 0. The second kappa shape index (κ2) is 5.30. The fourth-order valence-corrected chi connectivity index (χ4v) is 7.83. The van der Waals surface area contributed by atoms with Crippen LogP contribution in [0.3, 0.4) is 0 Å². The molecule has 0 bridgehead atoms. The number of aliphatic hydroxyl groups is 2. The molecule has 0 radical (unpaired) electrons. The van der Waals surface area contributed by atoms with Crippen molar-refractivity contribution in [1.29, 1.82) is 0 Å². The van der Waals surface area contributed by atoms with Gasteiger partial charge in [0.05, 0.1) is 6.10 Å². The first-order chi connectivity index (χ1) is 11.2. The topological polar surface area (TPSA) is 57.5 Å². The Morgan fingerprint density at radius 2 is 1.67 bits per heavy atom. The Bertz CT molecular complexity index is 545. The van der Waals surface area contributed by atoms with Gasteiger partial charge in [0.25, 0.3) is 0 Å². The minimum atomic E-state index is -1.09. The number of Topliss-reactive ketones (excluding diaryl/α,β-unsaturated/α-hetero) is 1. The Labute approximate surface area is 146 Å². The molecule has 3 heteroatoms. The van der Waals surface area contributed by atoms with Gasteiger partial charge in [0, 0.05) is 5.41 Å². The molecule has 0 aromatic heterocycles. The summed E-state index contributed by atoms with van der Waals surface area (Å²) in [5, 5.41) is 21.3. The van der Waals surface area contributed by atoms with E-state index in [4.69, 9.17) is 0 Å². The first-order valence-electron chi connectivity index (χ1n) is 10.1. The van der Waals surface area contributed by atoms with Crippen LogP contribution in [-0.4, -0.2) is 27.7 Å². The highest BCUT2D eigenvalue weighted by Gasteiger charge is 2.65. The number of rotatable bonds is 1. The molecule has 0 spiro atoms. The van der Waals surface area contributed by atoms with E-state index in [0.29, 0.717) is 29.6 Å². The molecule has 0 aliphatic heterocycles. The number of carbonyl (C=O) groups is 1. The zero-order chi connectivity index (χ0) is 17.3. The van der Waals surface area contributed by atoms with Crippen molar-refractivity contribution in [2.75, 3.05) is 0 Å². The molecule has 3 nitrogen and oxygen atoms in total. The molecule has 4 rings (SSSR count). The second-order valence-corrected chi connectivity index (χ2v) is 10.00. The number of ketones is 1. The van der Waals surface area contributed by atoms with Crippen molar-refractivity contribution >= 4 is 5.78 Å². The highest BCUT2D eigenvalue weighted by Crippen LogP contribution is 2.68. The third-order valence-electron chi connectivity index (χ3n) is 9.37. The third kappa shape index (κ3) is 2.00. The van der Waals surface area contributed by atoms with Crippen LogP contribution in [0.1, 0.15) is 78.6 Å². The summed E-state index contributed by atoms with van der Waals surface area (Å²) in [5.74, 6) is 2.52. The molecule has 24 heavy (non-hydrogen) atoms. The second-order valence-electron chi connectivity index (χ2n) is 10.00. The summed E-state index contributed by atoms with van der Waals surface area (Å²) in [4.78, 5) is 12.2. The standard InChI is InChI=1S/C21H34O3/c1-13(22)21(24)11-8-18-16-5-4-14-12-15(23)6-9-19(14,2)17(16)7-10-20(18,21)3/h14-18,23-24H,4-12H2,1-3H3/t14-,15?,16-,17+,18+,19+,20+,21+/m1/s1. The predicted molar refractivity (Wildman–Crippen MR) is 93.4 cm³/mol. The van der Waals surface area contributed by atoms with E-state index in [1.165, 1.54) is 12.8 Å². The molecule has 4 aliphatic rings. The number of fused-ring (bicyclic) bond motifs is 5. The van der Waals surface area contributed by atoms with Gasteiger partial charge in [-0.1, -0.05) is 13.8 Å². The fourth-order valence-electron chi connectivity index (χ4n) is 7.83. The van der Waals surface area contributed by atoms with Crippen molar-refractivity contribution in [2.45, 2.75) is 90.3 Å². The molecule has 0 heterocycles. The van der Waals surface area contributed by atoms with Crippen molar-refractivity contribution in [3.63, 3.8) is 0 Å². The molecule has 4 saturated carbocycles. The van der Waals surface area contributed by atoms with Crippen LogP contribution in [0.15, 0.2) is 0 Å². The Morgan fingerprint density at radius 3 is 2.38 bits per heavy atom. The van der Waals surface area contributed by atoms with Crippen LogP contribution in [0.4, 0.5) is 0 Å². The maximum atomic E-state index is 12.2. The minimum Gasteiger partial charge on any atom is -0.393 e. The Morgan fingerprint density at radius 1 is 0.958 bits per heavy atom. The molecule has 8 atom stereocenters. The van der Waals surface area contributed by atoms with Gasteiger partial charge in [0.2, 0.25) is 0 Å². The highest BCUT2D eigenvalue weighted by molar-refractivity contribution is 5.86. The minimum absolute atomic E-state index is 0.0216.